The van der Waals surface area contributed by atoms with Crippen molar-refractivity contribution in [2.45, 2.75) is 64.4 Å². The molecule has 1 aliphatic heterocycles. The van der Waals surface area contributed by atoms with E-state index in [2.05, 4.69) is 52.8 Å². The molecule has 0 bridgehead atoms. The second-order valence-corrected chi connectivity index (χ2v) is 9.89. The first-order valence-corrected chi connectivity index (χ1v) is 10.5. The second kappa shape index (κ2) is 6.56. The zero-order valence-corrected chi connectivity index (χ0v) is 18.1. The highest BCUT2D eigenvalue weighted by Crippen LogP contribution is 2.55. The molecule has 1 N–H and O–H groups in total. The van der Waals surface area contributed by atoms with Gasteiger partial charge in [0.25, 0.3) is 0 Å². The van der Waals surface area contributed by atoms with E-state index in [1.807, 2.05) is 24.3 Å². The number of fused-ring (bicyclic) bond motifs is 3. The van der Waals surface area contributed by atoms with Crippen molar-refractivity contribution in [2.75, 3.05) is 0 Å². The van der Waals surface area contributed by atoms with Crippen LogP contribution < -0.4 is 4.74 Å². The van der Waals surface area contributed by atoms with Crippen molar-refractivity contribution in [3.63, 3.8) is 0 Å². The van der Waals surface area contributed by atoms with Gasteiger partial charge in [-0.3, -0.25) is 0 Å². The van der Waals surface area contributed by atoms with Crippen molar-refractivity contribution >= 4 is 11.6 Å². The summed E-state index contributed by atoms with van der Waals surface area (Å²) in [5.41, 5.74) is 3.95. The fourth-order valence-corrected chi connectivity index (χ4v) is 5.16. The Balaban J connectivity index is 1.83. The molecule has 0 spiro atoms. The van der Waals surface area contributed by atoms with Gasteiger partial charge < -0.3 is 9.84 Å². The van der Waals surface area contributed by atoms with Crippen LogP contribution in [0.5, 0.6) is 11.5 Å². The van der Waals surface area contributed by atoms with Crippen LogP contribution in [0.1, 0.15) is 70.1 Å². The Morgan fingerprint density at radius 3 is 2.61 bits per heavy atom. The van der Waals surface area contributed by atoms with Gasteiger partial charge in [-0.05, 0) is 69.0 Å². The first-order chi connectivity index (χ1) is 13.1. The van der Waals surface area contributed by atoms with Gasteiger partial charge in [-0.2, -0.15) is 0 Å². The van der Waals surface area contributed by atoms with Crippen LogP contribution in [0.3, 0.4) is 0 Å². The highest BCUT2D eigenvalue weighted by atomic mass is 35.5. The minimum atomic E-state index is -0.301. The van der Waals surface area contributed by atoms with Crippen LogP contribution in [0, 0.1) is 5.92 Å². The molecule has 4 rings (SSSR count). The SMILES string of the molecule is CC1=CCC2C(C1)c1c(O)cc(C(C)(C)c3cccc(Cl)c3)cc1OC2(C)C. The maximum Gasteiger partial charge on any atom is 0.127 e. The van der Waals surface area contributed by atoms with E-state index in [1.54, 1.807) is 0 Å². The molecule has 0 radical (unpaired) electrons. The van der Waals surface area contributed by atoms with Crippen molar-refractivity contribution in [1.82, 2.24) is 0 Å². The molecule has 0 saturated carbocycles. The number of halogens is 1. The van der Waals surface area contributed by atoms with Crippen LogP contribution >= 0.6 is 11.6 Å². The van der Waals surface area contributed by atoms with Crippen molar-refractivity contribution in [2.24, 2.45) is 5.92 Å². The molecule has 2 atom stereocenters. The van der Waals surface area contributed by atoms with Crippen LogP contribution in [0.2, 0.25) is 5.02 Å². The van der Waals surface area contributed by atoms with E-state index >= 15 is 0 Å². The number of allylic oxidation sites excluding steroid dienone is 2. The molecule has 0 aromatic heterocycles. The van der Waals surface area contributed by atoms with E-state index in [-0.39, 0.29) is 11.0 Å². The molecule has 2 aromatic rings. The second-order valence-electron chi connectivity index (χ2n) is 9.45. The van der Waals surface area contributed by atoms with E-state index in [4.69, 9.17) is 16.3 Å². The number of rotatable bonds is 2. The lowest BCUT2D eigenvalue weighted by Gasteiger charge is -2.47. The van der Waals surface area contributed by atoms with Gasteiger partial charge >= 0.3 is 0 Å². The van der Waals surface area contributed by atoms with E-state index < -0.39 is 0 Å². The molecular formula is C25H29ClO2. The molecule has 1 aliphatic carbocycles. The summed E-state index contributed by atoms with van der Waals surface area (Å²) >= 11 is 6.23. The van der Waals surface area contributed by atoms with E-state index in [0.29, 0.717) is 17.6 Å². The summed E-state index contributed by atoms with van der Waals surface area (Å²) < 4.78 is 6.48. The monoisotopic (exact) mass is 396 g/mol. The first kappa shape index (κ1) is 19.4. The number of hydrogen-bond donors (Lipinski definition) is 1. The average molecular weight is 397 g/mol. The molecule has 148 valence electrons. The Bertz CT molecular complexity index is 955. The largest absolute Gasteiger partial charge is 0.508 e. The molecule has 3 heteroatoms. The van der Waals surface area contributed by atoms with Gasteiger partial charge in [0.1, 0.15) is 17.1 Å². The quantitative estimate of drug-likeness (QED) is 0.554. The van der Waals surface area contributed by atoms with Gasteiger partial charge in [-0.1, -0.05) is 49.2 Å². The first-order valence-electron chi connectivity index (χ1n) is 10.1. The molecule has 0 fully saturated rings. The summed E-state index contributed by atoms with van der Waals surface area (Å²) in [6.07, 6.45) is 4.30. The highest BCUT2D eigenvalue weighted by Gasteiger charge is 2.46. The average Bonchev–Trinajstić information content (AvgIpc) is 2.60. The Kier molecular flexibility index (Phi) is 4.54. The normalized spacial score (nSPS) is 23.3. The van der Waals surface area contributed by atoms with Gasteiger partial charge in [0.15, 0.2) is 0 Å². The molecule has 1 heterocycles. The van der Waals surface area contributed by atoms with Gasteiger partial charge in [0, 0.05) is 27.8 Å². The zero-order valence-electron chi connectivity index (χ0n) is 17.3. The fourth-order valence-electron chi connectivity index (χ4n) is 4.97. The summed E-state index contributed by atoms with van der Waals surface area (Å²) in [5.74, 6) is 1.85. The third-order valence-electron chi connectivity index (χ3n) is 6.77. The number of ether oxygens (including phenoxy) is 1. The van der Waals surface area contributed by atoms with Gasteiger partial charge in [-0.25, -0.2) is 0 Å². The maximum absolute atomic E-state index is 11.1. The predicted molar refractivity (Wildman–Crippen MR) is 116 cm³/mol. The molecule has 2 nitrogen and oxygen atoms in total. The van der Waals surface area contributed by atoms with Crippen LogP contribution in [-0.4, -0.2) is 10.7 Å². The molecular weight excluding hydrogens is 368 g/mol. The zero-order chi connectivity index (χ0) is 20.3. The van der Waals surface area contributed by atoms with E-state index in [1.165, 1.54) is 5.57 Å². The van der Waals surface area contributed by atoms with Crippen LogP contribution in [0.4, 0.5) is 0 Å². The van der Waals surface area contributed by atoms with Crippen molar-refractivity contribution in [3.8, 4) is 11.5 Å². The molecule has 2 aliphatic rings. The number of phenolic OH excluding ortho intramolecular Hbond substituents is 1. The maximum atomic E-state index is 11.1. The Labute approximate surface area is 173 Å². The standard InChI is InChI=1S/C25H29ClO2/c1-15-9-10-20-19(11-15)23-21(27)13-17(14-22(23)28-25(20,4)5)24(2,3)16-7-6-8-18(26)12-16/h6-9,12-14,19-20,27H,10-11H2,1-5H3. The predicted octanol–water partition coefficient (Wildman–Crippen LogP) is 6.98. The van der Waals surface area contributed by atoms with Crippen molar-refractivity contribution in [3.05, 3.63) is 69.8 Å². The van der Waals surface area contributed by atoms with Gasteiger partial charge in [0.2, 0.25) is 0 Å². The van der Waals surface area contributed by atoms with Crippen LogP contribution in [-0.2, 0) is 5.41 Å². The van der Waals surface area contributed by atoms with Crippen LogP contribution in [0.15, 0.2) is 48.0 Å². The molecule has 2 aromatic carbocycles. The minimum absolute atomic E-state index is 0.264. The molecule has 0 amide bonds. The van der Waals surface area contributed by atoms with Crippen LogP contribution in [0.25, 0.3) is 0 Å². The fraction of sp³-hybridized carbons (Fsp3) is 0.440. The third-order valence-corrected chi connectivity index (χ3v) is 7.01. The summed E-state index contributed by atoms with van der Waals surface area (Å²) in [5, 5.41) is 11.8. The van der Waals surface area contributed by atoms with Gasteiger partial charge in [-0.15, -0.1) is 0 Å². The summed E-state index contributed by atoms with van der Waals surface area (Å²) in [6, 6.07) is 12.0. The topological polar surface area (TPSA) is 29.5 Å². The van der Waals surface area contributed by atoms with Crippen molar-refractivity contribution in [1.29, 1.82) is 0 Å². The molecule has 2 unspecified atom stereocenters. The number of aromatic hydroxyl groups is 1. The minimum Gasteiger partial charge on any atom is -0.508 e. The Morgan fingerprint density at radius 1 is 1.14 bits per heavy atom. The number of hydrogen-bond acceptors (Lipinski definition) is 2. The molecule has 0 saturated heterocycles. The van der Waals surface area contributed by atoms with Crippen molar-refractivity contribution < 1.29 is 9.84 Å². The summed E-state index contributed by atoms with van der Waals surface area (Å²) in [4.78, 5) is 0. The van der Waals surface area contributed by atoms with Gasteiger partial charge in [0.05, 0.1) is 0 Å². The van der Waals surface area contributed by atoms with E-state index in [9.17, 15) is 5.11 Å². The smallest absolute Gasteiger partial charge is 0.127 e. The number of phenols is 1. The molecule has 28 heavy (non-hydrogen) atoms. The number of benzene rings is 2. The lowest BCUT2D eigenvalue weighted by Crippen LogP contribution is -2.45. The Hall–Kier alpha value is -1.93. The van der Waals surface area contributed by atoms with E-state index in [0.717, 1.165) is 40.3 Å². The lowest BCUT2D eigenvalue weighted by molar-refractivity contribution is 0.00745. The lowest BCUT2D eigenvalue weighted by atomic mass is 9.66. The highest BCUT2D eigenvalue weighted by molar-refractivity contribution is 6.30. The summed E-state index contributed by atoms with van der Waals surface area (Å²) in [6.45, 7) is 10.8. The third kappa shape index (κ3) is 3.12. The summed E-state index contributed by atoms with van der Waals surface area (Å²) in [7, 11) is 0. The Morgan fingerprint density at radius 2 is 1.89 bits per heavy atom.